The summed E-state index contributed by atoms with van der Waals surface area (Å²) < 4.78 is 24.9. The van der Waals surface area contributed by atoms with Gasteiger partial charge in [0.05, 0.1) is 33.4 Å². The number of rotatable bonds is 21. The molecule has 2 fully saturated rings. The van der Waals surface area contributed by atoms with Crippen LogP contribution in [-0.2, 0) is 18.0 Å². The number of ether oxygens (including phenoxy) is 3. The van der Waals surface area contributed by atoms with Gasteiger partial charge in [-0.25, -0.2) is 29.7 Å². The van der Waals surface area contributed by atoms with Crippen LogP contribution in [0.5, 0.6) is 11.5 Å². The second-order valence-electron chi connectivity index (χ2n) is 22.2. The number of benzene rings is 4. The van der Waals surface area contributed by atoms with Crippen molar-refractivity contribution in [2.75, 3.05) is 36.8 Å². The minimum Gasteiger partial charge on any atom is -0.490 e. The van der Waals surface area contributed by atoms with Crippen molar-refractivity contribution >= 4 is 111 Å². The summed E-state index contributed by atoms with van der Waals surface area (Å²) in [7, 11) is 0. The molecule has 4 aromatic heterocycles. The van der Waals surface area contributed by atoms with Crippen molar-refractivity contribution in [3.05, 3.63) is 124 Å². The Morgan fingerprint density at radius 1 is 0.690 bits per heavy atom. The molecular weight excluding hydrogens is 1270 g/mol. The van der Waals surface area contributed by atoms with Crippen LogP contribution >= 0.6 is 38.6 Å². The summed E-state index contributed by atoms with van der Waals surface area (Å²) in [5.74, 6) is 2.57. The Morgan fingerprint density at radius 3 is 1.70 bits per heavy atom. The third-order valence-electron chi connectivity index (χ3n) is 14.5. The van der Waals surface area contributed by atoms with Gasteiger partial charge in [-0.3, -0.25) is 0 Å². The van der Waals surface area contributed by atoms with Gasteiger partial charge < -0.3 is 40.2 Å². The number of aromatic nitrogens is 6. The third-order valence-corrected chi connectivity index (χ3v) is 34.8. The Labute approximate surface area is 517 Å². The van der Waals surface area contributed by atoms with Crippen LogP contribution in [0.1, 0.15) is 125 Å². The summed E-state index contributed by atoms with van der Waals surface area (Å²) in [4.78, 5) is 41.6. The summed E-state index contributed by atoms with van der Waals surface area (Å²) in [5, 5.41) is 35.2. The number of thiazole rings is 2. The van der Waals surface area contributed by atoms with E-state index in [4.69, 9.17) is 24.2 Å². The van der Waals surface area contributed by atoms with Crippen molar-refractivity contribution in [2.24, 2.45) is 0 Å². The number of aliphatic hydroxyl groups is 2. The van der Waals surface area contributed by atoms with Crippen LogP contribution in [0.4, 0.5) is 28.1 Å². The molecule has 2 aliphatic rings. The largest absolute Gasteiger partial charge is 0.490 e. The molecule has 0 saturated carbocycles. The number of amides is 1. The Morgan fingerprint density at radius 2 is 1.19 bits per heavy atom. The Bertz CT molecular complexity index is 3260. The van der Waals surface area contributed by atoms with Crippen molar-refractivity contribution in [3.63, 3.8) is 0 Å². The molecule has 450 valence electrons. The van der Waals surface area contributed by atoms with Gasteiger partial charge in [-0.05, 0) is 99.0 Å². The molecular formula is C64H85BrN10O6S2Sn. The maximum atomic E-state index is 12.3. The molecule has 20 heteroatoms. The van der Waals surface area contributed by atoms with Gasteiger partial charge in [-0.1, -0.05) is 43.8 Å². The number of unbranched alkanes of at least 4 members (excludes halogenated alkanes) is 3. The number of aliphatic hydroxyl groups excluding tert-OH is 2. The number of carbonyl (C=O) groups is 1. The molecule has 0 aliphatic carbocycles. The number of piperidine rings is 2. The molecule has 0 spiro atoms. The minimum atomic E-state index is -2.30. The van der Waals surface area contributed by atoms with Crippen molar-refractivity contribution in [1.82, 2.24) is 40.1 Å². The average molecular weight is 1350 g/mol. The number of carbonyl (C=O) groups excluding carboxylic acids is 1. The van der Waals surface area contributed by atoms with Gasteiger partial charge >= 0.3 is 139 Å². The van der Waals surface area contributed by atoms with E-state index in [-0.39, 0.29) is 38.9 Å². The molecule has 84 heavy (non-hydrogen) atoms. The Kier molecular flexibility index (Phi) is 25.8. The van der Waals surface area contributed by atoms with Gasteiger partial charge in [0.15, 0.2) is 0 Å². The van der Waals surface area contributed by atoms with Gasteiger partial charge in [-0.2, -0.15) is 0 Å². The van der Waals surface area contributed by atoms with E-state index in [1.807, 2.05) is 129 Å². The quantitative estimate of drug-likeness (QED) is 0.0425. The SMILES string of the molecule is C.CC(C)(C)OC(=O)N1CCC(Oc2cc3nc(Nc4ccccc4)ncc3cc2Br)CC1.CCC[CH2][Sn]([CH2]CCC)([CH2]CCC)[c]1nc(CO)cs1.OCc1csc(-c2cc3cnc(Nc4ccccc4)nc3cc2OC2CCNCC2)n1. The van der Waals surface area contributed by atoms with Gasteiger partial charge in [0.2, 0.25) is 11.9 Å². The monoisotopic (exact) mass is 1350 g/mol. The van der Waals surface area contributed by atoms with Gasteiger partial charge in [0.25, 0.3) is 0 Å². The number of nitrogens with one attached hydrogen (secondary N) is 3. The summed E-state index contributed by atoms with van der Waals surface area (Å²) in [6.07, 6.45) is 14.9. The van der Waals surface area contributed by atoms with Crippen molar-refractivity contribution in [3.8, 4) is 22.1 Å². The molecule has 5 N–H and O–H groups in total. The zero-order valence-electron chi connectivity index (χ0n) is 48.8. The number of hydrogen-bond donors (Lipinski definition) is 5. The molecule has 6 heterocycles. The number of likely N-dealkylation sites (tertiary alicyclic amines) is 1. The van der Waals surface area contributed by atoms with Crippen molar-refractivity contribution in [2.45, 2.75) is 158 Å². The molecule has 16 nitrogen and oxygen atoms in total. The van der Waals surface area contributed by atoms with Crippen molar-refractivity contribution < 1.29 is 29.2 Å². The molecule has 8 aromatic rings. The first-order valence-corrected chi connectivity index (χ1v) is 39.4. The predicted octanol–water partition coefficient (Wildman–Crippen LogP) is 15.4. The molecule has 0 bridgehead atoms. The molecule has 0 unspecified atom stereocenters. The Balaban J connectivity index is 0.000000185. The van der Waals surface area contributed by atoms with E-state index in [9.17, 15) is 15.0 Å². The normalized spacial score (nSPS) is 13.9. The van der Waals surface area contributed by atoms with E-state index in [1.54, 1.807) is 11.1 Å². The van der Waals surface area contributed by atoms with Crippen LogP contribution < -0.4 is 28.4 Å². The summed E-state index contributed by atoms with van der Waals surface area (Å²) in [6, 6.07) is 27.6. The third kappa shape index (κ3) is 19.2. The zero-order chi connectivity index (χ0) is 58.6. The van der Waals surface area contributed by atoms with Crippen LogP contribution in [-0.4, -0.2) is 113 Å². The van der Waals surface area contributed by atoms with E-state index >= 15 is 0 Å². The summed E-state index contributed by atoms with van der Waals surface area (Å²) in [5.41, 5.74) is 5.44. The van der Waals surface area contributed by atoms with Crippen LogP contribution in [0.2, 0.25) is 13.3 Å². The number of nitrogens with zero attached hydrogens (tertiary/aromatic N) is 7. The van der Waals surface area contributed by atoms with E-state index in [0.717, 1.165) is 104 Å². The first-order valence-electron chi connectivity index (χ1n) is 29.3. The van der Waals surface area contributed by atoms with Crippen LogP contribution in [0.15, 0.2) is 113 Å². The minimum absolute atomic E-state index is 0. The molecule has 0 atom stereocenters. The van der Waals surface area contributed by atoms with E-state index in [0.29, 0.717) is 30.7 Å². The second kappa shape index (κ2) is 32.8. The number of fused-ring (bicyclic) bond motifs is 2. The van der Waals surface area contributed by atoms with Crippen LogP contribution in [0.3, 0.4) is 0 Å². The first kappa shape index (κ1) is 66.0. The maximum Gasteiger partial charge on any atom is 0.227 e. The van der Waals surface area contributed by atoms with Gasteiger partial charge in [-0.15, -0.1) is 11.3 Å². The fourth-order valence-corrected chi connectivity index (χ4v) is 30.7. The Hall–Kier alpha value is -5.55. The topological polar surface area (TPSA) is 202 Å². The number of halogens is 1. The smallest absolute Gasteiger partial charge is 0.227 e. The molecule has 4 aromatic carbocycles. The molecule has 2 saturated heterocycles. The molecule has 1 amide bonds. The fraction of sp³-hybridized carbons (Fsp3) is 0.453. The predicted molar refractivity (Wildman–Crippen MR) is 351 cm³/mol. The summed E-state index contributed by atoms with van der Waals surface area (Å²) in [6.45, 7) is 15.7. The molecule has 0 radical (unpaired) electrons. The van der Waals surface area contributed by atoms with Crippen LogP contribution in [0, 0.1) is 0 Å². The van der Waals surface area contributed by atoms with Gasteiger partial charge in [0.1, 0.15) is 34.3 Å². The molecule has 2 aliphatic heterocycles. The average Bonchev–Trinajstić information content (AvgIpc) is 4.38. The number of para-hydroxylation sites is 2. The second-order valence-corrected chi connectivity index (χ2v) is 38.7. The number of anilines is 4. The van der Waals surface area contributed by atoms with E-state index in [2.05, 4.69) is 78.0 Å². The van der Waals surface area contributed by atoms with Gasteiger partial charge in [0, 0.05) is 78.0 Å². The van der Waals surface area contributed by atoms with Crippen LogP contribution in [0.25, 0.3) is 32.4 Å². The van der Waals surface area contributed by atoms with Crippen molar-refractivity contribution in [1.29, 1.82) is 0 Å². The van der Waals surface area contributed by atoms with E-state index in [1.165, 1.54) is 66.2 Å². The standard InChI is InChI=1S/C24H27BrN4O3.C23H23N5O2S.C4H4NOS.3C4H9.CH4.Sn/c1-24(2,3)32-23(30)29-11-9-18(10-12-29)31-21-14-20-16(13-19(21)25)15-26-22(28-20)27-17-7-5-4-6-8-17;29-13-17-14-31-22(26-17)19-10-15-12-25-23(27-16-4-2-1-3-5-16)28-20(15)11-21(19)30-18-6-8-24-9-7-18;6-1-4-2-7-3-5-4;3*1-3-4-2;;/h4-8,13-15,18H,9-12H2,1-3H3,(H,26,27,28);1-5,10-12,14,18,24,29H,6-9,13H2,(H,25,27,28);2,6H,1H2;3*1,3-4H2,2H3;1H4;. The zero-order valence-corrected chi connectivity index (χ0v) is 54.9. The fourth-order valence-electron chi connectivity index (χ4n) is 9.99. The summed E-state index contributed by atoms with van der Waals surface area (Å²) >= 11 is 4.66. The molecule has 10 rings (SSSR count). The maximum absolute atomic E-state index is 12.3. The van der Waals surface area contributed by atoms with E-state index < -0.39 is 24.0 Å². The number of hydrogen-bond acceptors (Lipinski definition) is 17. The first-order chi connectivity index (χ1) is 40.3.